The molecule has 1 aromatic rings. The molecule has 0 N–H and O–H groups in total. The summed E-state index contributed by atoms with van der Waals surface area (Å²) >= 11 is 1.57. The Labute approximate surface area is 101 Å². The van der Waals surface area contributed by atoms with Gasteiger partial charge in [0, 0.05) is 4.90 Å². The van der Waals surface area contributed by atoms with Crippen molar-refractivity contribution >= 4 is 17.7 Å². The van der Waals surface area contributed by atoms with E-state index in [2.05, 4.69) is 19.1 Å². The predicted octanol–water partition coefficient (Wildman–Crippen LogP) is 3.29. The van der Waals surface area contributed by atoms with Crippen LogP contribution in [0.1, 0.15) is 26.3 Å². The van der Waals surface area contributed by atoms with Crippen molar-refractivity contribution in [1.82, 2.24) is 0 Å². The molecule has 0 aliphatic heterocycles. The number of thioether (sulfide) groups is 1. The molecule has 0 bridgehead atoms. The first-order valence-corrected chi connectivity index (χ1v) is 6.48. The summed E-state index contributed by atoms with van der Waals surface area (Å²) in [4.78, 5) is 12.7. The highest BCUT2D eigenvalue weighted by molar-refractivity contribution is 8.00. The van der Waals surface area contributed by atoms with E-state index in [-0.39, 0.29) is 11.2 Å². The Balaban J connectivity index is 2.68. The normalized spacial score (nSPS) is 12.2. The average Bonchev–Trinajstić information content (AvgIpc) is 2.30. The molecule has 0 aliphatic carbocycles. The molecule has 0 fully saturated rings. The molecule has 0 spiro atoms. The predicted molar refractivity (Wildman–Crippen MR) is 67.8 cm³/mol. The minimum atomic E-state index is -0.146. The Morgan fingerprint density at radius 1 is 1.38 bits per heavy atom. The van der Waals surface area contributed by atoms with E-state index in [1.807, 2.05) is 26.0 Å². The number of esters is 1. The van der Waals surface area contributed by atoms with Crippen LogP contribution in [0.5, 0.6) is 0 Å². The number of hydrogen-bond acceptors (Lipinski definition) is 3. The molecule has 1 atom stereocenters. The molecule has 0 heterocycles. The topological polar surface area (TPSA) is 26.3 Å². The third-order valence-electron chi connectivity index (χ3n) is 2.28. The van der Waals surface area contributed by atoms with Crippen molar-refractivity contribution in [2.24, 2.45) is 0 Å². The van der Waals surface area contributed by atoms with Crippen molar-refractivity contribution in [2.45, 2.75) is 37.3 Å². The molecule has 0 saturated heterocycles. The maximum absolute atomic E-state index is 11.5. The zero-order valence-corrected chi connectivity index (χ0v) is 10.8. The molecular weight excluding hydrogens is 220 g/mol. The van der Waals surface area contributed by atoms with Crippen molar-refractivity contribution in [2.75, 3.05) is 6.61 Å². The highest BCUT2D eigenvalue weighted by atomic mass is 32.2. The third-order valence-corrected chi connectivity index (χ3v) is 3.47. The third kappa shape index (κ3) is 3.56. The van der Waals surface area contributed by atoms with Crippen LogP contribution in [-0.4, -0.2) is 17.8 Å². The maximum Gasteiger partial charge on any atom is 0.319 e. The van der Waals surface area contributed by atoms with Gasteiger partial charge in [0.15, 0.2) is 0 Å². The second-order valence-electron chi connectivity index (χ2n) is 3.47. The highest BCUT2D eigenvalue weighted by Crippen LogP contribution is 2.27. The van der Waals surface area contributed by atoms with Gasteiger partial charge >= 0.3 is 5.97 Å². The van der Waals surface area contributed by atoms with E-state index in [4.69, 9.17) is 4.74 Å². The van der Waals surface area contributed by atoms with Gasteiger partial charge in [-0.3, -0.25) is 4.79 Å². The van der Waals surface area contributed by atoms with Gasteiger partial charge in [0.1, 0.15) is 5.25 Å². The van der Waals surface area contributed by atoms with Crippen LogP contribution in [0, 0.1) is 0 Å². The molecule has 1 aromatic carbocycles. The van der Waals surface area contributed by atoms with Gasteiger partial charge in [-0.05, 0) is 31.9 Å². The Bertz CT molecular complexity index is 350. The quantitative estimate of drug-likeness (QED) is 0.581. The Kier molecular flexibility index (Phi) is 5.39. The van der Waals surface area contributed by atoms with Crippen LogP contribution in [0.2, 0.25) is 0 Å². The van der Waals surface area contributed by atoms with Crippen LogP contribution in [0.15, 0.2) is 29.2 Å². The molecule has 16 heavy (non-hydrogen) atoms. The molecule has 0 saturated carbocycles. The van der Waals surface area contributed by atoms with Crippen LogP contribution in [0.3, 0.4) is 0 Å². The lowest BCUT2D eigenvalue weighted by Crippen LogP contribution is -2.16. The fraction of sp³-hybridized carbons (Fsp3) is 0.462. The monoisotopic (exact) mass is 238 g/mol. The number of rotatable bonds is 5. The number of ether oxygens (including phenoxy) is 1. The summed E-state index contributed by atoms with van der Waals surface area (Å²) in [5.41, 5.74) is 1.28. The summed E-state index contributed by atoms with van der Waals surface area (Å²) in [5, 5.41) is -0.146. The Hall–Kier alpha value is -0.960. The molecule has 0 radical (unpaired) electrons. The van der Waals surface area contributed by atoms with Crippen molar-refractivity contribution < 1.29 is 9.53 Å². The molecule has 0 amide bonds. The molecule has 88 valence electrons. The first kappa shape index (κ1) is 13.1. The van der Waals surface area contributed by atoms with Gasteiger partial charge in [-0.2, -0.15) is 0 Å². The summed E-state index contributed by atoms with van der Waals surface area (Å²) in [6, 6.07) is 8.18. The molecule has 2 nitrogen and oxygen atoms in total. The molecule has 3 heteroatoms. The van der Waals surface area contributed by atoms with Crippen molar-refractivity contribution in [3.05, 3.63) is 29.8 Å². The number of hydrogen-bond donors (Lipinski definition) is 0. The zero-order valence-electron chi connectivity index (χ0n) is 10.0. The lowest BCUT2D eigenvalue weighted by molar-refractivity contribution is -0.142. The highest BCUT2D eigenvalue weighted by Gasteiger charge is 2.16. The van der Waals surface area contributed by atoms with Crippen LogP contribution in [0.25, 0.3) is 0 Å². The minimum absolute atomic E-state index is 0.140. The fourth-order valence-corrected chi connectivity index (χ4v) is 2.48. The minimum Gasteiger partial charge on any atom is -0.465 e. The molecule has 0 aromatic heterocycles. The van der Waals surface area contributed by atoms with Gasteiger partial charge in [-0.15, -0.1) is 11.8 Å². The first-order valence-electron chi connectivity index (χ1n) is 5.60. The van der Waals surface area contributed by atoms with E-state index >= 15 is 0 Å². The maximum atomic E-state index is 11.5. The summed E-state index contributed by atoms with van der Waals surface area (Å²) in [6.07, 6.45) is 0.985. The van der Waals surface area contributed by atoms with E-state index in [1.54, 1.807) is 11.8 Å². The van der Waals surface area contributed by atoms with E-state index < -0.39 is 0 Å². The smallest absolute Gasteiger partial charge is 0.319 e. The number of carbonyl (C=O) groups excluding carboxylic acids is 1. The van der Waals surface area contributed by atoms with E-state index in [9.17, 15) is 4.79 Å². The summed E-state index contributed by atoms with van der Waals surface area (Å²) < 4.78 is 4.99. The largest absolute Gasteiger partial charge is 0.465 e. The van der Waals surface area contributed by atoms with E-state index in [0.29, 0.717) is 6.61 Å². The Morgan fingerprint density at radius 3 is 2.69 bits per heavy atom. The van der Waals surface area contributed by atoms with Gasteiger partial charge in [0.2, 0.25) is 0 Å². The van der Waals surface area contributed by atoms with Gasteiger partial charge in [-0.1, -0.05) is 25.1 Å². The fourth-order valence-electron chi connectivity index (χ4n) is 1.41. The van der Waals surface area contributed by atoms with Gasteiger partial charge in [-0.25, -0.2) is 0 Å². The van der Waals surface area contributed by atoms with Crippen LogP contribution in [-0.2, 0) is 16.0 Å². The number of benzene rings is 1. The Morgan fingerprint density at radius 2 is 2.06 bits per heavy atom. The molecule has 1 rings (SSSR count). The second-order valence-corrected chi connectivity index (χ2v) is 4.86. The van der Waals surface area contributed by atoms with Gasteiger partial charge < -0.3 is 4.74 Å². The van der Waals surface area contributed by atoms with Crippen LogP contribution < -0.4 is 0 Å². The molecule has 0 aliphatic rings. The van der Waals surface area contributed by atoms with Gasteiger partial charge in [0.25, 0.3) is 0 Å². The summed E-state index contributed by atoms with van der Waals surface area (Å²) in [6.45, 7) is 6.28. The molecule has 0 unspecified atom stereocenters. The molecular formula is C13H18O2S. The van der Waals surface area contributed by atoms with Crippen LogP contribution in [0.4, 0.5) is 0 Å². The van der Waals surface area contributed by atoms with E-state index in [1.165, 1.54) is 10.5 Å². The number of carbonyl (C=O) groups is 1. The van der Waals surface area contributed by atoms with Crippen molar-refractivity contribution in [1.29, 1.82) is 0 Å². The average molecular weight is 238 g/mol. The lowest BCUT2D eigenvalue weighted by Gasteiger charge is -2.12. The van der Waals surface area contributed by atoms with E-state index in [0.717, 1.165) is 6.42 Å². The zero-order chi connectivity index (χ0) is 12.0. The summed E-state index contributed by atoms with van der Waals surface area (Å²) in [5.74, 6) is -0.140. The second kappa shape index (κ2) is 6.59. The van der Waals surface area contributed by atoms with Crippen molar-refractivity contribution in [3.8, 4) is 0 Å². The van der Waals surface area contributed by atoms with Crippen molar-refractivity contribution in [3.63, 3.8) is 0 Å². The standard InChI is InChI=1S/C13H18O2S/c1-4-11-8-6-7-9-12(11)16-10(3)13(14)15-5-2/h6-10H,4-5H2,1-3H3/t10-/m0/s1. The van der Waals surface area contributed by atoms with Gasteiger partial charge in [0.05, 0.1) is 6.61 Å². The summed E-state index contributed by atoms with van der Waals surface area (Å²) in [7, 11) is 0. The SMILES string of the molecule is CCOC(=O)[C@H](C)Sc1ccccc1CC. The lowest BCUT2D eigenvalue weighted by atomic mass is 10.2. The van der Waals surface area contributed by atoms with Crippen LogP contribution >= 0.6 is 11.8 Å². The number of aryl methyl sites for hydroxylation is 1. The first-order chi connectivity index (χ1) is 7.69.